The quantitative estimate of drug-likeness (QED) is 0.855. The molecule has 1 amide bonds. The van der Waals surface area contributed by atoms with Gasteiger partial charge in [0.05, 0.1) is 0 Å². The predicted molar refractivity (Wildman–Crippen MR) is 100 cm³/mol. The first kappa shape index (κ1) is 20.0. The van der Waals surface area contributed by atoms with Crippen molar-refractivity contribution in [3.05, 3.63) is 29.8 Å². The fourth-order valence-corrected chi connectivity index (χ4v) is 3.27. The number of hydrogen-bond donors (Lipinski definition) is 2. The van der Waals surface area contributed by atoms with Crippen LogP contribution in [0.1, 0.15) is 52.5 Å². The molecule has 1 aliphatic heterocycles. The third-order valence-corrected chi connectivity index (χ3v) is 4.66. The molecular formula is C19H31ClN2O. The lowest BCUT2D eigenvalue weighted by molar-refractivity contribution is -0.117. The zero-order valence-corrected chi connectivity index (χ0v) is 15.6. The van der Waals surface area contributed by atoms with Crippen LogP contribution in [0, 0.1) is 11.8 Å². The van der Waals surface area contributed by atoms with E-state index in [1.807, 2.05) is 18.2 Å². The van der Waals surface area contributed by atoms with Crippen molar-refractivity contribution < 1.29 is 4.79 Å². The Balaban J connectivity index is 0.00000264. The molecule has 0 aromatic heterocycles. The molecule has 2 unspecified atom stereocenters. The van der Waals surface area contributed by atoms with Crippen LogP contribution in [0.25, 0.3) is 0 Å². The normalized spacial score (nSPS) is 19.6. The van der Waals surface area contributed by atoms with Gasteiger partial charge in [0.2, 0.25) is 5.91 Å². The molecule has 130 valence electrons. The molecule has 1 aromatic carbocycles. The van der Waals surface area contributed by atoms with Gasteiger partial charge in [-0.25, -0.2) is 0 Å². The number of halogens is 1. The number of piperidine rings is 1. The molecule has 4 heteroatoms. The predicted octanol–water partition coefficient (Wildman–Crippen LogP) is 4.37. The van der Waals surface area contributed by atoms with E-state index in [-0.39, 0.29) is 23.7 Å². The highest BCUT2D eigenvalue weighted by Gasteiger charge is 2.23. The number of hydrogen-bond acceptors (Lipinski definition) is 2. The van der Waals surface area contributed by atoms with Crippen LogP contribution in [0.3, 0.4) is 0 Å². The van der Waals surface area contributed by atoms with Gasteiger partial charge in [0.1, 0.15) is 0 Å². The first-order valence-electron chi connectivity index (χ1n) is 8.48. The highest BCUT2D eigenvalue weighted by Crippen LogP contribution is 2.30. The number of rotatable bonds is 4. The number of para-hydroxylation sites is 1. The zero-order valence-electron chi connectivity index (χ0n) is 14.8. The summed E-state index contributed by atoms with van der Waals surface area (Å²) in [5.74, 6) is 1.18. The largest absolute Gasteiger partial charge is 0.326 e. The van der Waals surface area contributed by atoms with Gasteiger partial charge >= 0.3 is 0 Å². The van der Waals surface area contributed by atoms with Crippen molar-refractivity contribution in [3.8, 4) is 0 Å². The molecule has 2 rings (SSSR count). The van der Waals surface area contributed by atoms with Crippen LogP contribution >= 0.6 is 12.4 Å². The molecule has 0 saturated carbocycles. The molecule has 1 heterocycles. The third-order valence-electron chi connectivity index (χ3n) is 4.66. The number of carbonyl (C=O) groups excluding carboxylic acids is 1. The summed E-state index contributed by atoms with van der Waals surface area (Å²) in [5.41, 5.74) is 2.17. The molecule has 0 spiro atoms. The molecule has 0 bridgehead atoms. The van der Waals surface area contributed by atoms with Gasteiger partial charge in [-0.15, -0.1) is 12.4 Å². The first-order chi connectivity index (χ1) is 10.4. The van der Waals surface area contributed by atoms with Gasteiger partial charge in [-0.1, -0.05) is 45.9 Å². The Labute approximate surface area is 147 Å². The Hall–Kier alpha value is -1.06. The summed E-state index contributed by atoms with van der Waals surface area (Å²) in [6, 6.07) is 8.13. The minimum atomic E-state index is 0. The molecule has 0 aliphatic carbocycles. The molecule has 3 nitrogen and oxygen atoms in total. The summed E-state index contributed by atoms with van der Waals surface area (Å²) in [6.07, 6.45) is 3.06. The van der Waals surface area contributed by atoms with Gasteiger partial charge < -0.3 is 10.6 Å². The summed E-state index contributed by atoms with van der Waals surface area (Å²) >= 11 is 0. The van der Waals surface area contributed by atoms with Crippen LogP contribution in [0.15, 0.2) is 24.3 Å². The molecule has 1 fully saturated rings. The second kappa shape index (κ2) is 8.70. The minimum absolute atomic E-state index is 0. The smallest absolute Gasteiger partial charge is 0.224 e. The van der Waals surface area contributed by atoms with E-state index in [2.05, 4.69) is 44.4 Å². The van der Waals surface area contributed by atoms with E-state index in [4.69, 9.17) is 0 Å². The monoisotopic (exact) mass is 338 g/mol. The van der Waals surface area contributed by atoms with Crippen molar-refractivity contribution in [3.63, 3.8) is 0 Å². The van der Waals surface area contributed by atoms with E-state index < -0.39 is 0 Å². The Kier molecular flexibility index (Phi) is 7.56. The number of nitrogens with one attached hydrogen (secondary N) is 2. The van der Waals surface area contributed by atoms with E-state index in [0.29, 0.717) is 18.3 Å². The molecule has 0 radical (unpaired) electrons. The molecule has 23 heavy (non-hydrogen) atoms. The first-order valence-corrected chi connectivity index (χ1v) is 8.48. The lowest BCUT2D eigenvalue weighted by atomic mass is 9.84. The third kappa shape index (κ3) is 5.82. The van der Waals surface area contributed by atoms with Crippen LogP contribution in [-0.2, 0) is 10.2 Å². The summed E-state index contributed by atoms with van der Waals surface area (Å²) in [5, 5.41) is 6.56. The van der Waals surface area contributed by atoms with Gasteiger partial charge in [-0.3, -0.25) is 4.79 Å². The van der Waals surface area contributed by atoms with Gasteiger partial charge in [-0.05, 0) is 54.8 Å². The number of carbonyl (C=O) groups is 1. The SMILES string of the molecule is CC(CC(=O)Nc1ccccc1C(C)(C)C)C1CCCNC1.Cl. The summed E-state index contributed by atoms with van der Waals surface area (Å²) in [6.45, 7) is 10.9. The standard InChI is InChI=1S/C19H30N2O.ClH/c1-14(15-8-7-11-20-13-15)12-18(22)21-17-10-6-5-9-16(17)19(2,3)4;/h5-6,9-10,14-15,20H,7-8,11-13H2,1-4H3,(H,21,22);1H. The van der Waals surface area contributed by atoms with Crippen LogP contribution in [0.4, 0.5) is 5.69 Å². The van der Waals surface area contributed by atoms with Crippen LogP contribution < -0.4 is 10.6 Å². The second-order valence-electron chi connectivity index (χ2n) is 7.63. The van der Waals surface area contributed by atoms with E-state index >= 15 is 0 Å². The van der Waals surface area contributed by atoms with Crippen molar-refractivity contribution in [2.75, 3.05) is 18.4 Å². The summed E-state index contributed by atoms with van der Waals surface area (Å²) in [7, 11) is 0. The van der Waals surface area contributed by atoms with E-state index in [9.17, 15) is 4.79 Å². The zero-order chi connectivity index (χ0) is 16.2. The maximum absolute atomic E-state index is 12.4. The summed E-state index contributed by atoms with van der Waals surface area (Å²) < 4.78 is 0. The average Bonchev–Trinajstić information content (AvgIpc) is 2.47. The highest BCUT2D eigenvalue weighted by atomic mass is 35.5. The molecule has 1 aromatic rings. The van der Waals surface area contributed by atoms with Crippen molar-refractivity contribution >= 4 is 24.0 Å². The Morgan fingerprint density at radius 2 is 2.04 bits per heavy atom. The van der Waals surface area contributed by atoms with Crippen molar-refractivity contribution in [2.45, 2.75) is 52.4 Å². The van der Waals surface area contributed by atoms with E-state index in [1.54, 1.807) is 0 Å². The average molecular weight is 339 g/mol. The fourth-order valence-electron chi connectivity index (χ4n) is 3.27. The van der Waals surface area contributed by atoms with Gasteiger partial charge in [0, 0.05) is 12.1 Å². The number of anilines is 1. The second-order valence-corrected chi connectivity index (χ2v) is 7.63. The van der Waals surface area contributed by atoms with Crippen molar-refractivity contribution in [2.24, 2.45) is 11.8 Å². The number of amides is 1. The molecule has 1 saturated heterocycles. The van der Waals surface area contributed by atoms with Gasteiger partial charge in [0.25, 0.3) is 0 Å². The lowest BCUT2D eigenvalue weighted by Crippen LogP contribution is -2.34. The van der Waals surface area contributed by atoms with E-state index in [1.165, 1.54) is 18.4 Å². The Bertz CT molecular complexity index is 504. The number of benzene rings is 1. The lowest BCUT2D eigenvalue weighted by Gasteiger charge is -2.28. The molecular weight excluding hydrogens is 308 g/mol. The molecule has 1 aliphatic rings. The molecule has 2 N–H and O–H groups in total. The maximum Gasteiger partial charge on any atom is 0.224 e. The topological polar surface area (TPSA) is 41.1 Å². The summed E-state index contributed by atoms with van der Waals surface area (Å²) in [4.78, 5) is 12.4. The van der Waals surface area contributed by atoms with Crippen LogP contribution in [0.5, 0.6) is 0 Å². The van der Waals surface area contributed by atoms with Crippen molar-refractivity contribution in [1.29, 1.82) is 0 Å². The van der Waals surface area contributed by atoms with Gasteiger partial charge in [-0.2, -0.15) is 0 Å². The Morgan fingerprint density at radius 1 is 1.35 bits per heavy atom. The minimum Gasteiger partial charge on any atom is -0.326 e. The van der Waals surface area contributed by atoms with Crippen LogP contribution in [-0.4, -0.2) is 19.0 Å². The van der Waals surface area contributed by atoms with Crippen LogP contribution in [0.2, 0.25) is 0 Å². The fraction of sp³-hybridized carbons (Fsp3) is 0.632. The van der Waals surface area contributed by atoms with Gasteiger partial charge in [0.15, 0.2) is 0 Å². The maximum atomic E-state index is 12.4. The molecule has 2 atom stereocenters. The Morgan fingerprint density at radius 3 is 2.65 bits per heavy atom. The highest BCUT2D eigenvalue weighted by molar-refractivity contribution is 5.91. The van der Waals surface area contributed by atoms with E-state index in [0.717, 1.165) is 18.8 Å². The van der Waals surface area contributed by atoms with Crippen molar-refractivity contribution in [1.82, 2.24) is 5.32 Å².